The van der Waals surface area contributed by atoms with Crippen LogP contribution in [-0.4, -0.2) is 83.7 Å². The molecule has 1 aliphatic heterocycles. The molecule has 0 spiro atoms. The van der Waals surface area contributed by atoms with Crippen LogP contribution in [-0.2, 0) is 9.59 Å². The van der Waals surface area contributed by atoms with Crippen molar-refractivity contribution >= 4 is 33.5 Å². The summed E-state index contributed by atoms with van der Waals surface area (Å²) < 4.78 is 0. The third-order valence-corrected chi connectivity index (χ3v) is 5.48. The summed E-state index contributed by atoms with van der Waals surface area (Å²) in [7, 11) is 12.8. The minimum atomic E-state index is -1.82. The van der Waals surface area contributed by atoms with Crippen molar-refractivity contribution < 1.29 is 19.8 Å². The first-order chi connectivity index (χ1) is 8.72. The summed E-state index contributed by atoms with van der Waals surface area (Å²) in [6, 6.07) is 0. The molecule has 112 valence electrons. The van der Waals surface area contributed by atoms with Gasteiger partial charge in [-0.25, -0.2) is 9.59 Å². The first-order valence-electron chi connectivity index (χ1n) is 5.80. The highest BCUT2D eigenvalue weighted by atomic mass is 33.1. The van der Waals surface area contributed by atoms with Crippen LogP contribution in [0.25, 0.3) is 0 Å². The number of carboxylic acid groups (broad SMARTS) is 2. The second-order valence-corrected chi connectivity index (χ2v) is 7.68. The van der Waals surface area contributed by atoms with E-state index in [1.807, 2.05) is 0 Å². The summed E-state index contributed by atoms with van der Waals surface area (Å²) in [6.45, 7) is 2.45. The Labute approximate surface area is 121 Å². The van der Waals surface area contributed by atoms with Crippen LogP contribution in [0.5, 0.6) is 0 Å². The summed E-state index contributed by atoms with van der Waals surface area (Å²) in [5.41, 5.74) is 0. The van der Waals surface area contributed by atoms with Crippen molar-refractivity contribution in [2.75, 3.05) is 41.3 Å². The number of aliphatic carboxylic acids is 2. The van der Waals surface area contributed by atoms with Gasteiger partial charge in [0.15, 0.2) is 0 Å². The molecule has 19 heavy (non-hydrogen) atoms. The minimum absolute atomic E-state index is 0.838. The van der Waals surface area contributed by atoms with Gasteiger partial charge < -0.3 is 20.0 Å². The molecular formula is C11H22N2O4S2. The second kappa shape index (κ2) is 9.46. The Hall–Kier alpha value is -0.440. The number of carbonyl (C=O) groups is 2. The molecule has 2 N–H and O–H groups in total. The molecule has 0 unspecified atom stereocenters. The van der Waals surface area contributed by atoms with E-state index in [2.05, 4.69) is 59.6 Å². The number of hydrogen-bond acceptors (Lipinski definition) is 6. The average molecular weight is 310 g/mol. The predicted molar refractivity (Wildman–Crippen MR) is 79.8 cm³/mol. The highest BCUT2D eigenvalue weighted by Crippen LogP contribution is 2.43. The Balaban J connectivity index is 0.000000459. The van der Waals surface area contributed by atoms with E-state index in [0.29, 0.717) is 0 Å². The molecule has 0 radical (unpaired) electrons. The maximum absolute atomic E-state index is 9.10. The second-order valence-electron chi connectivity index (χ2n) is 4.81. The van der Waals surface area contributed by atoms with Crippen LogP contribution in [0.3, 0.4) is 0 Å². The van der Waals surface area contributed by atoms with Crippen LogP contribution in [0.4, 0.5) is 0 Å². The van der Waals surface area contributed by atoms with Gasteiger partial charge in [0.05, 0.1) is 0 Å². The molecule has 0 aliphatic carbocycles. The van der Waals surface area contributed by atoms with Gasteiger partial charge >= 0.3 is 11.9 Å². The summed E-state index contributed by atoms with van der Waals surface area (Å²) in [4.78, 5) is 22.8. The fourth-order valence-electron chi connectivity index (χ4n) is 1.55. The van der Waals surface area contributed by atoms with Gasteiger partial charge in [0.25, 0.3) is 0 Å². The highest BCUT2D eigenvalue weighted by Gasteiger charge is 2.26. The Morgan fingerprint density at radius 3 is 1.47 bits per heavy atom. The Kier molecular flexibility index (Phi) is 9.24. The summed E-state index contributed by atoms with van der Waals surface area (Å²) in [5, 5.41) is 16.5. The van der Waals surface area contributed by atoms with Crippen LogP contribution < -0.4 is 0 Å². The summed E-state index contributed by atoms with van der Waals surface area (Å²) in [5.74, 6) is -3.65. The van der Waals surface area contributed by atoms with Crippen molar-refractivity contribution in [2.45, 2.75) is 16.9 Å². The number of carboxylic acids is 2. The first-order valence-corrected chi connectivity index (χ1v) is 8.07. The maximum atomic E-state index is 9.10. The molecule has 0 aromatic heterocycles. The lowest BCUT2D eigenvalue weighted by molar-refractivity contribution is -0.159. The fraction of sp³-hybridized carbons (Fsp3) is 0.818. The zero-order valence-corrected chi connectivity index (χ0v) is 13.3. The van der Waals surface area contributed by atoms with Crippen LogP contribution >= 0.6 is 21.6 Å². The van der Waals surface area contributed by atoms with Gasteiger partial charge in [-0.15, -0.1) is 0 Å². The topological polar surface area (TPSA) is 81.1 Å². The normalized spacial score (nSPS) is 22.2. The molecule has 1 heterocycles. The van der Waals surface area contributed by atoms with Crippen LogP contribution in [0.1, 0.15) is 6.42 Å². The van der Waals surface area contributed by atoms with Crippen LogP contribution in [0.2, 0.25) is 0 Å². The van der Waals surface area contributed by atoms with Crippen LogP contribution in [0, 0.1) is 0 Å². The van der Waals surface area contributed by atoms with Gasteiger partial charge in [-0.1, -0.05) is 21.6 Å². The molecule has 1 rings (SSSR count). The Morgan fingerprint density at radius 2 is 1.26 bits per heavy atom. The van der Waals surface area contributed by atoms with Gasteiger partial charge in [0.1, 0.15) is 0 Å². The Morgan fingerprint density at radius 1 is 0.947 bits per heavy atom. The van der Waals surface area contributed by atoms with E-state index in [9.17, 15) is 0 Å². The molecule has 1 saturated heterocycles. The zero-order valence-electron chi connectivity index (χ0n) is 11.7. The lowest BCUT2D eigenvalue weighted by Crippen LogP contribution is -2.26. The highest BCUT2D eigenvalue weighted by molar-refractivity contribution is 8.77. The SMILES string of the molecule is CN(C)C[C@H]1C[C@H](CN(C)C)SS1.O=C(O)C(=O)O. The van der Waals surface area contributed by atoms with E-state index in [1.165, 1.54) is 19.5 Å². The largest absolute Gasteiger partial charge is 0.473 e. The standard InChI is InChI=1S/C9H20N2S2.C2H2O4/c1-10(2)6-8-5-9(13-12-8)7-11(3)4;3-1(4)2(5)6/h8-9H,5-7H2,1-4H3;(H,3,4)(H,5,6)/t8-,9-;/m1./s1. The number of rotatable bonds is 4. The predicted octanol–water partition coefficient (Wildman–Crippen LogP) is 0.787. The van der Waals surface area contributed by atoms with Crippen molar-refractivity contribution in [3.05, 3.63) is 0 Å². The van der Waals surface area contributed by atoms with E-state index in [1.54, 1.807) is 0 Å². The van der Waals surface area contributed by atoms with Crippen LogP contribution in [0.15, 0.2) is 0 Å². The molecule has 2 atom stereocenters. The van der Waals surface area contributed by atoms with Crippen molar-refractivity contribution in [2.24, 2.45) is 0 Å². The zero-order chi connectivity index (χ0) is 15.0. The van der Waals surface area contributed by atoms with Gasteiger partial charge in [-0.2, -0.15) is 0 Å². The maximum Gasteiger partial charge on any atom is 0.414 e. The fourth-order valence-corrected chi connectivity index (χ4v) is 5.11. The molecule has 1 aliphatic rings. The van der Waals surface area contributed by atoms with Crippen molar-refractivity contribution in [1.82, 2.24) is 9.80 Å². The van der Waals surface area contributed by atoms with Gasteiger partial charge in [-0.3, -0.25) is 0 Å². The molecule has 0 aromatic carbocycles. The van der Waals surface area contributed by atoms with Crippen molar-refractivity contribution in [3.63, 3.8) is 0 Å². The van der Waals surface area contributed by atoms with E-state index in [4.69, 9.17) is 19.8 Å². The van der Waals surface area contributed by atoms with E-state index >= 15 is 0 Å². The Bertz CT molecular complexity index is 272. The smallest absolute Gasteiger partial charge is 0.414 e. The molecule has 0 saturated carbocycles. The first kappa shape index (κ1) is 18.6. The molecular weight excluding hydrogens is 288 g/mol. The molecule has 8 heteroatoms. The van der Waals surface area contributed by atoms with E-state index in [0.717, 1.165) is 10.5 Å². The van der Waals surface area contributed by atoms with Gasteiger partial charge in [-0.05, 0) is 34.6 Å². The third kappa shape index (κ3) is 10.1. The number of nitrogens with zero attached hydrogens (tertiary/aromatic N) is 2. The third-order valence-electron chi connectivity index (χ3n) is 2.17. The lowest BCUT2D eigenvalue weighted by atomic mass is 10.2. The molecule has 0 bridgehead atoms. The molecule has 0 aromatic rings. The quantitative estimate of drug-likeness (QED) is 0.583. The van der Waals surface area contributed by atoms with Gasteiger partial charge in [0.2, 0.25) is 0 Å². The van der Waals surface area contributed by atoms with E-state index in [-0.39, 0.29) is 0 Å². The summed E-state index contributed by atoms with van der Waals surface area (Å²) >= 11 is 0. The van der Waals surface area contributed by atoms with Gasteiger partial charge in [0, 0.05) is 23.6 Å². The molecule has 1 fully saturated rings. The van der Waals surface area contributed by atoms with E-state index < -0.39 is 11.9 Å². The minimum Gasteiger partial charge on any atom is -0.473 e. The molecule has 0 amide bonds. The monoisotopic (exact) mass is 310 g/mol. The lowest BCUT2D eigenvalue weighted by Gasteiger charge is -2.16. The van der Waals surface area contributed by atoms with Crippen molar-refractivity contribution in [3.8, 4) is 0 Å². The summed E-state index contributed by atoms with van der Waals surface area (Å²) in [6.07, 6.45) is 1.37. The molecule has 6 nitrogen and oxygen atoms in total. The number of hydrogen-bond donors (Lipinski definition) is 2. The van der Waals surface area contributed by atoms with Crippen molar-refractivity contribution in [1.29, 1.82) is 0 Å². The average Bonchev–Trinajstić information content (AvgIpc) is 2.64.